The van der Waals surface area contributed by atoms with Gasteiger partial charge in [-0.15, -0.1) is 0 Å². The summed E-state index contributed by atoms with van der Waals surface area (Å²) in [6, 6.07) is 1.97. The van der Waals surface area contributed by atoms with Gasteiger partial charge >= 0.3 is 0 Å². The molecule has 1 saturated heterocycles. The Morgan fingerprint density at radius 2 is 2.54 bits per heavy atom. The van der Waals surface area contributed by atoms with Crippen LogP contribution in [-0.2, 0) is 0 Å². The number of rotatable bonds is 1. The van der Waals surface area contributed by atoms with E-state index in [1.807, 2.05) is 17.8 Å². The van der Waals surface area contributed by atoms with Crippen LogP contribution < -0.4 is 10.6 Å². The lowest BCUT2D eigenvalue weighted by Crippen LogP contribution is -2.35. The van der Waals surface area contributed by atoms with Gasteiger partial charge in [0.25, 0.3) is 0 Å². The Morgan fingerprint density at radius 3 is 3.15 bits per heavy atom. The molecule has 2 N–H and O–H groups in total. The Kier molecular flexibility index (Phi) is 2.64. The molecule has 1 atom stereocenters. The average Bonchev–Trinajstić information content (AvgIpc) is 2.52. The first-order valence-corrected chi connectivity index (χ1v) is 6.16. The predicted molar refractivity (Wildman–Crippen MR) is 60.7 cm³/mol. The molecule has 1 aromatic rings. The quantitative estimate of drug-likeness (QED) is 0.774. The summed E-state index contributed by atoms with van der Waals surface area (Å²) in [4.78, 5) is 2.37. The fourth-order valence-corrected chi connectivity index (χ4v) is 3.17. The molecule has 1 aliphatic heterocycles. The van der Waals surface area contributed by atoms with Crippen molar-refractivity contribution in [2.75, 3.05) is 29.5 Å². The van der Waals surface area contributed by atoms with Gasteiger partial charge in [0.15, 0.2) is 0 Å². The standard InChI is InChI=1S/C8H13N3S2/c1-6-5-11(2-3-12-6)8-4-7(9)10-13-8/h4,6H,2-3,5H2,1H3,(H2,9,10). The van der Waals surface area contributed by atoms with Crippen molar-refractivity contribution in [2.24, 2.45) is 0 Å². The highest BCUT2D eigenvalue weighted by molar-refractivity contribution is 8.00. The van der Waals surface area contributed by atoms with Crippen LogP contribution in [0.25, 0.3) is 0 Å². The normalized spacial score (nSPS) is 23.5. The van der Waals surface area contributed by atoms with E-state index in [9.17, 15) is 0 Å². The second kappa shape index (κ2) is 3.75. The summed E-state index contributed by atoms with van der Waals surface area (Å²) in [5.74, 6) is 1.85. The van der Waals surface area contributed by atoms with Crippen molar-refractivity contribution in [3.8, 4) is 0 Å². The van der Waals surface area contributed by atoms with Gasteiger partial charge in [0.05, 0.1) is 0 Å². The van der Waals surface area contributed by atoms with Crippen molar-refractivity contribution >= 4 is 34.1 Å². The highest BCUT2D eigenvalue weighted by Gasteiger charge is 2.18. The maximum atomic E-state index is 5.59. The van der Waals surface area contributed by atoms with Crippen LogP contribution in [0.15, 0.2) is 6.07 Å². The van der Waals surface area contributed by atoms with E-state index in [0.717, 1.165) is 18.3 Å². The summed E-state index contributed by atoms with van der Waals surface area (Å²) in [6.45, 7) is 4.50. The molecule has 1 fully saturated rings. The van der Waals surface area contributed by atoms with Crippen LogP contribution in [0.3, 0.4) is 0 Å². The molecule has 0 amide bonds. The maximum Gasteiger partial charge on any atom is 0.139 e. The molecule has 0 aromatic carbocycles. The van der Waals surface area contributed by atoms with E-state index in [-0.39, 0.29) is 0 Å². The van der Waals surface area contributed by atoms with Crippen LogP contribution in [0, 0.1) is 0 Å². The first-order valence-electron chi connectivity index (χ1n) is 4.34. The smallest absolute Gasteiger partial charge is 0.139 e. The van der Waals surface area contributed by atoms with Crippen molar-refractivity contribution in [3.05, 3.63) is 6.07 Å². The largest absolute Gasteiger partial charge is 0.383 e. The second-order valence-electron chi connectivity index (χ2n) is 3.22. The van der Waals surface area contributed by atoms with E-state index in [0.29, 0.717) is 5.82 Å². The SMILES string of the molecule is CC1CN(c2cc(N)ns2)CCS1. The summed E-state index contributed by atoms with van der Waals surface area (Å²) in [5, 5.41) is 1.93. The summed E-state index contributed by atoms with van der Waals surface area (Å²) < 4.78 is 4.09. The van der Waals surface area contributed by atoms with E-state index in [1.54, 1.807) is 0 Å². The van der Waals surface area contributed by atoms with Crippen LogP contribution in [-0.4, -0.2) is 28.5 Å². The molecule has 1 aliphatic rings. The van der Waals surface area contributed by atoms with Crippen molar-refractivity contribution < 1.29 is 0 Å². The predicted octanol–water partition coefficient (Wildman–Crippen LogP) is 1.67. The number of hydrogen-bond donors (Lipinski definition) is 1. The van der Waals surface area contributed by atoms with Crippen LogP contribution in [0.4, 0.5) is 10.8 Å². The molecule has 2 rings (SSSR count). The van der Waals surface area contributed by atoms with Crippen molar-refractivity contribution in [3.63, 3.8) is 0 Å². The number of anilines is 2. The zero-order valence-corrected chi connectivity index (χ0v) is 9.20. The minimum Gasteiger partial charge on any atom is -0.383 e. The third-order valence-corrected chi connectivity index (χ3v) is 4.07. The topological polar surface area (TPSA) is 42.1 Å². The zero-order chi connectivity index (χ0) is 9.26. The second-order valence-corrected chi connectivity index (χ2v) is 5.55. The molecule has 1 aromatic heterocycles. The van der Waals surface area contributed by atoms with Gasteiger partial charge in [-0.2, -0.15) is 16.1 Å². The van der Waals surface area contributed by atoms with Crippen molar-refractivity contribution in [1.29, 1.82) is 0 Å². The minimum atomic E-state index is 0.644. The summed E-state index contributed by atoms with van der Waals surface area (Å²) in [6.07, 6.45) is 0. The molecule has 3 nitrogen and oxygen atoms in total. The minimum absolute atomic E-state index is 0.644. The molecule has 0 bridgehead atoms. The lowest BCUT2D eigenvalue weighted by atomic mass is 10.4. The lowest BCUT2D eigenvalue weighted by Gasteiger charge is -2.30. The van der Waals surface area contributed by atoms with Gasteiger partial charge in [-0.25, -0.2) is 0 Å². The molecule has 72 valence electrons. The monoisotopic (exact) mass is 215 g/mol. The number of hydrogen-bond acceptors (Lipinski definition) is 5. The molecule has 1 unspecified atom stereocenters. The van der Waals surface area contributed by atoms with Gasteiger partial charge in [0, 0.05) is 30.2 Å². The molecule has 0 saturated carbocycles. The fourth-order valence-electron chi connectivity index (χ4n) is 1.45. The number of nitrogens with zero attached hydrogens (tertiary/aromatic N) is 2. The van der Waals surface area contributed by atoms with E-state index in [4.69, 9.17) is 5.73 Å². The van der Waals surface area contributed by atoms with E-state index >= 15 is 0 Å². The third-order valence-electron chi connectivity index (χ3n) is 2.07. The molecule has 0 aliphatic carbocycles. The number of nitrogens with two attached hydrogens (primary N) is 1. The molecule has 2 heterocycles. The zero-order valence-electron chi connectivity index (χ0n) is 7.56. The van der Waals surface area contributed by atoms with E-state index in [2.05, 4.69) is 16.2 Å². The lowest BCUT2D eigenvalue weighted by molar-refractivity contribution is 0.790. The number of nitrogen functional groups attached to an aromatic ring is 1. The van der Waals surface area contributed by atoms with Gasteiger partial charge < -0.3 is 10.6 Å². The van der Waals surface area contributed by atoms with Crippen LogP contribution >= 0.6 is 23.3 Å². The molecular formula is C8H13N3S2. The van der Waals surface area contributed by atoms with Gasteiger partial charge in [-0.1, -0.05) is 6.92 Å². The third kappa shape index (κ3) is 2.08. The molecule has 0 spiro atoms. The van der Waals surface area contributed by atoms with Crippen LogP contribution in [0.2, 0.25) is 0 Å². The molecule has 13 heavy (non-hydrogen) atoms. The van der Waals surface area contributed by atoms with Crippen molar-refractivity contribution in [2.45, 2.75) is 12.2 Å². The Hall–Kier alpha value is -0.420. The summed E-state index contributed by atoms with van der Waals surface area (Å²) >= 11 is 3.53. The highest BCUT2D eigenvalue weighted by atomic mass is 32.2. The van der Waals surface area contributed by atoms with Gasteiger partial charge in [-0.3, -0.25) is 0 Å². The summed E-state index contributed by atoms with van der Waals surface area (Å²) in [5.41, 5.74) is 5.59. The number of aromatic nitrogens is 1. The Morgan fingerprint density at radius 1 is 1.69 bits per heavy atom. The summed E-state index contributed by atoms with van der Waals surface area (Å²) in [7, 11) is 0. The van der Waals surface area contributed by atoms with Crippen molar-refractivity contribution in [1.82, 2.24) is 4.37 Å². The van der Waals surface area contributed by atoms with E-state index < -0.39 is 0 Å². The molecule has 0 radical (unpaired) electrons. The van der Waals surface area contributed by atoms with Crippen LogP contribution in [0.1, 0.15) is 6.92 Å². The van der Waals surface area contributed by atoms with Crippen LogP contribution in [0.5, 0.6) is 0 Å². The Balaban J connectivity index is 2.08. The molecular weight excluding hydrogens is 202 g/mol. The van der Waals surface area contributed by atoms with Gasteiger partial charge in [0.2, 0.25) is 0 Å². The van der Waals surface area contributed by atoms with Gasteiger partial charge in [0.1, 0.15) is 10.8 Å². The highest BCUT2D eigenvalue weighted by Crippen LogP contribution is 2.27. The number of thioether (sulfide) groups is 1. The Bertz CT molecular complexity index is 287. The Labute approximate surface area is 86.5 Å². The maximum absolute atomic E-state index is 5.59. The first kappa shape index (κ1) is 9.15. The average molecular weight is 215 g/mol. The van der Waals surface area contributed by atoms with E-state index in [1.165, 1.54) is 22.3 Å². The fraction of sp³-hybridized carbons (Fsp3) is 0.625. The van der Waals surface area contributed by atoms with Gasteiger partial charge in [-0.05, 0) is 11.5 Å². The first-order chi connectivity index (χ1) is 6.25. The molecule has 5 heteroatoms.